The van der Waals surface area contributed by atoms with Crippen molar-refractivity contribution in [3.05, 3.63) is 75.4 Å². The number of nitrogens with zero attached hydrogens (tertiary/aromatic N) is 6. The molecule has 0 fully saturated rings. The van der Waals surface area contributed by atoms with Crippen molar-refractivity contribution in [3.8, 4) is 0 Å². The summed E-state index contributed by atoms with van der Waals surface area (Å²) in [5.41, 5.74) is 2.40. The van der Waals surface area contributed by atoms with Gasteiger partial charge in [0.25, 0.3) is 11.8 Å². The first-order valence-electron chi connectivity index (χ1n) is 18.1. The quantitative estimate of drug-likeness (QED) is 0.235. The summed E-state index contributed by atoms with van der Waals surface area (Å²) in [4.78, 5) is 102. The molecule has 5 rings (SSSR count). The van der Waals surface area contributed by atoms with Gasteiger partial charge in [-0.2, -0.15) is 0 Å². The second kappa shape index (κ2) is 17.6. The van der Waals surface area contributed by atoms with Gasteiger partial charge in [0.2, 0.25) is 23.6 Å². The monoisotopic (exact) mass is 772 g/mol. The highest BCUT2D eigenvalue weighted by Gasteiger charge is 2.31. The summed E-state index contributed by atoms with van der Waals surface area (Å²) >= 11 is 1.20. The number of carbonyl (C=O) groups is 6. The van der Waals surface area contributed by atoms with Crippen LogP contribution in [0.2, 0.25) is 0 Å². The molecule has 6 amide bonds. The van der Waals surface area contributed by atoms with Gasteiger partial charge in [0.15, 0.2) is 0 Å². The molecule has 3 atom stereocenters. The fraction of sp³-hybridized carbons (Fsp3) is 0.447. The fourth-order valence-electron chi connectivity index (χ4n) is 6.47. The number of hydrogen-bond donors (Lipinski definition) is 4. The van der Waals surface area contributed by atoms with E-state index in [0.717, 1.165) is 16.5 Å². The molecule has 0 spiro atoms. The van der Waals surface area contributed by atoms with Crippen LogP contribution in [0.25, 0.3) is 10.9 Å². The molecule has 17 heteroatoms. The van der Waals surface area contributed by atoms with Crippen LogP contribution in [0.3, 0.4) is 0 Å². The van der Waals surface area contributed by atoms with Crippen molar-refractivity contribution in [2.45, 2.75) is 65.6 Å². The second-order valence-corrected chi connectivity index (χ2v) is 15.2. The van der Waals surface area contributed by atoms with Crippen LogP contribution in [0.5, 0.6) is 0 Å². The maximum atomic E-state index is 13.9. The highest BCUT2D eigenvalue weighted by Crippen LogP contribution is 2.25. The Hall–Kier alpha value is -5.71. The number of rotatable bonds is 5. The third-order valence-electron chi connectivity index (χ3n) is 9.19. The number of para-hydroxylation sites is 1. The zero-order chi connectivity index (χ0) is 40.0. The Labute approximate surface area is 323 Å². The van der Waals surface area contributed by atoms with Crippen LogP contribution in [-0.2, 0) is 25.6 Å². The average Bonchev–Trinajstić information content (AvgIpc) is 3.79. The number of likely N-dealkylation sites (N-methyl/N-ethyl adjacent to an activating group) is 2. The minimum atomic E-state index is -1.08. The Balaban J connectivity index is 1.48. The highest BCUT2D eigenvalue weighted by atomic mass is 32.1. The molecule has 1 aromatic carbocycles. The molecule has 1 aliphatic rings. The van der Waals surface area contributed by atoms with Gasteiger partial charge in [-0.05, 0) is 50.8 Å². The first-order valence-corrected chi connectivity index (χ1v) is 19.0. The lowest BCUT2D eigenvalue weighted by Crippen LogP contribution is -2.53. The van der Waals surface area contributed by atoms with Gasteiger partial charge < -0.3 is 35.6 Å². The van der Waals surface area contributed by atoms with Gasteiger partial charge in [-0.1, -0.05) is 32.0 Å². The largest absolute Gasteiger partial charge is 0.361 e. The van der Waals surface area contributed by atoms with Crippen LogP contribution in [0.1, 0.15) is 76.3 Å². The number of aromatic amines is 1. The standard InChI is InChI=1S/C38H48N10O6S/c1-21(2)14-28-35-45-31(20-55-35)34(51)44-30(16-25-17-39-27-11-9-8-10-26(25)27)37(53)47(7)18-32(49)41-23(4)36(52)46(6)12-13-48(19-33(50)43-28)38(54)29-15-22(3)40-24(5)42-29/h8-11,15,17,20-21,23,28,30,39H,12-14,16,18-19H2,1-7H3,(H,41,49)(H,43,50)(H,44,51)/t23-,28-,30+/m0/s1. The molecule has 0 aliphatic carbocycles. The third kappa shape index (κ3) is 10.3. The van der Waals surface area contributed by atoms with E-state index in [2.05, 4.69) is 35.9 Å². The third-order valence-corrected chi connectivity index (χ3v) is 10.1. The first kappa shape index (κ1) is 40.5. The van der Waals surface area contributed by atoms with Crippen LogP contribution in [0.15, 0.2) is 41.9 Å². The highest BCUT2D eigenvalue weighted by molar-refractivity contribution is 7.09. The summed E-state index contributed by atoms with van der Waals surface area (Å²) in [6, 6.07) is 6.48. The van der Waals surface area contributed by atoms with E-state index in [1.165, 1.54) is 53.1 Å². The molecule has 4 aromatic rings. The summed E-state index contributed by atoms with van der Waals surface area (Å²) in [6.45, 7) is 8.19. The molecule has 0 radical (unpaired) electrons. The molecule has 16 nitrogen and oxygen atoms in total. The SMILES string of the molecule is Cc1cc(C(=O)N2CCN(C)C(=O)[C@H](C)NC(=O)CN(C)C(=O)[C@@H](Cc3c[nH]c4ccccc34)NC(=O)c3csc(n3)[C@H](CC(C)C)NC(=O)C2)nc(C)n1. The van der Waals surface area contributed by atoms with E-state index in [9.17, 15) is 28.8 Å². The van der Waals surface area contributed by atoms with Crippen molar-refractivity contribution in [1.82, 2.24) is 50.6 Å². The number of fused-ring (bicyclic) bond motifs is 3. The summed E-state index contributed by atoms with van der Waals surface area (Å²) in [7, 11) is 2.99. The predicted octanol–water partition coefficient (Wildman–Crippen LogP) is 2.15. The number of thiazole rings is 1. The van der Waals surface area contributed by atoms with Crippen molar-refractivity contribution in [2.75, 3.05) is 40.3 Å². The van der Waals surface area contributed by atoms with Crippen LogP contribution < -0.4 is 16.0 Å². The Morgan fingerprint density at radius 3 is 2.35 bits per heavy atom. The van der Waals surface area contributed by atoms with E-state index in [-0.39, 0.29) is 49.9 Å². The zero-order valence-corrected chi connectivity index (χ0v) is 33.0. The summed E-state index contributed by atoms with van der Waals surface area (Å²) in [5, 5.41) is 11.4. The number of nitrogens with one attached hydrogen (secondary N) is 4. The van der Waals surface area contributed by atoms with Crippen molar-refractivity contribution in [1.29, 1.82) is 0 Å². The number of aryl methyl sites for hydroxylation is 2. The number of hydrogen-bond acceptors (Lipinski definition) is 10. The topological polar surface area (TPSA) is 203 Å². The number of H-pyrrole nitrogens is 1. The molecule has 3 aromatic heterocycles. The van der Waals surface area contributed by atoms with Gasteiger partial charge in [0.05, 0.1) is 19.1 Å². The number of amides is 6. The molecule has 2 bridgehead atoms. The predicted molar refractivity (Wildman–Crippen MR) is 206 cm³/mol. The number of aromatic nitrogens is 4. The molecule has 292 valence electrons. The molecule has 55 heavy (non-hydrogen) atoms. The molecule has 4 N–H and O–H groups in total. The number of benzene rings is 1. The second-order valence-electron chi connectivity index (χ2n) is 14.3. The number of carbonyl (C=O) groups excluding carboxylic acids is 6. The van der Waals surface area contributed by atoms with Gasteiger partial charge in [-0.25, -0.2) is 15.0 Å². The lowest BCUT2D eigenvalue weighted by Gasteiger charge is -2.28. The minimum Gasteiger partial charge on any atom is -0.361 e. The van der Waals surface area contributed by atoms with Crippen LogP contribution in [0.4, 0.5) is 0 Å². The van der Waals surface area contributed by atoms with E-state index in [1.807, 2.05) is 38.1 Å². The minimum absolute atomic E-state index is 0.0251. The molecular formula is C38H48N10O6S. The smallest absolute Gasteiger partial charge is 0.273 e. The van der Waals surface area contributed by atoms with Crippen molar-refractivity contribution in [2.24, 2.45) is 5.92 Å². The fourth-order valence-corrected chi connectivity index (χ4v) is 7.33. The lowest BCUT2D eigenvalue weighted by molar-refractivity contribution is -0.138. The summed E-state index contributed by atoms with van der Waals surface area (Å²) < 4.78 is 0. The summed E-state index contributed by atoms with van der Waals surface area (Å²) in [5.74, 6) is -2.63. The van der Waals surface area contributed by atoms with Gasteiger partial charge in [0, 0.05) is 61.8 Å². The molecular weight excluding hydrogens is 725 g/mol. The Bertz CT molecular complexity index is 2060. The van der Waals surface area contributed by atoms with E-state index >= 15 is 0 Å². The Kier molecular flexibility index (Phi) is 13.0. The van der Waals surface area contributed by atoms with Crippen molar-refractivity contribution < 1.29 is 28.8 Å². The maximum Gasteiger partial charge on any atom is 0.273 e. The molecule has 4 heterocycles. The van der Waals surface area contributed by atoms with Crippen LogP contribution >= 0.6 is 11.3 Å². The molecule has 1 aliphatic heterocycles. The van der Waals surface area contributed by atoms with Crippen molar-refractivity contribution >= 4 is 57.7 Å². The van der Waals surface area contributed by atoms with Gasteiger partial charge >= 0.3 is 0 Å². The summed E-state index contributed by atoms with van der Waals surface area (Å²) in [6.07, 6.45) is 2.39. The van der Waals surface area contributed by atoms with Gasteiger partial charge in [-0.3, -0.25) is 28.8 Å². The Morgan fingerprint density at radius 1 is 0.891 bits per heavy atom. The van der Waals surface area contributed by atoms with Crippen molar-refractivity contribution in [3.63, 3.8) is 0 Å². The van der Waals surface area contributed by atoms with Crippen LogP contribution in [-0.4, -0.2) is 122 Å². The van der Waals surface area contributed by atoms with Gasteiger partial charge in [0.1, 0.15) is 34.3 Å². The average molecular weight is 773 g/mol. The normalized spacial score (nSPS) is 20.0. The zero-order valence-electron chi connectivity index (χ0n) is 32.1. The lowest BCUT2D eigenvalue weighted by atomic mass is 10.0. The van der Waals surface area contributed by atoms with E-state index in [0.29, 0.717) is 22.9 Å². The first-order chi connectivity index (χ1) is 26.1. The van der Waals surface area contributed by atoms with E-state index in [1.54, 1.807) is 25.4 Å². The molecule has 0 saturated carbocycles. The Morgan fingerprint density at radius 2 is 1.62 bits per heavy atom. The van der Waals surface area contributed by atoms with E-state index in [4.69, 9.17) is 0 Å². The van der Waals surface area contributed by atoms with Crippen LogP contribution in [0, 0.1) is 19.8 Å². The maximum absolute atomic E-state index is 13.9. The molecule has 0 unspecified atom stereocenters. The van der Waals surface area contributed by atoms with E-state index < -0.39 is 53.6 Å². The molecule has 0 saturated heterocycles. The van der Waals surface area contributed by atoms with Gasteiger partial charge in [-0.15, -0.1) is 11.3 Å².